The van der Waals surface area contributed by atoms with E-state index in [1.165, 1.54) is 19.4 Å². The SMILES string of the molecule is CNCC1(CN2CCOCC2C)CCOCC1. The van der Waals surface area contributed by atoms with E-state index in [9.17, 15) is 0 Å². The van der Waals surface area contributed by atoms with Crippen LogP contribution in [0.1, 0.15) is 19.8 Å². The Morgan fingerprint density at radius 1 is 1.24 bits per heavy atom. The van der Waals surface area contributed by atoms with Gasteiger partial charge in [0.15, 0.2) is 0 Å². The molecule has 0 aliphatic carbocycles. The normalized spacial score (nSPS) is 30.4. The minimum atomic E-state index is 0.401. The van der Waals surface area contributed by atoms with Gasteiger partial charge in [-0.15, -0.1) is 0 Å². The molecule has 1 unspecified atom stereocenters. The van der Waals surface area contributed by atoms with E-state index in [-0.39, 0.29) is 0 Å². The summed E-state index contributed by atoms with van der Waals surface area (Å²) in [4.78, 5) is 2.59. The Labute approximate surface area is 105 Å². The molecule has 100 valence electrons. The highest BCUT2D eigenvalue weighted by molar-refractivity contribution is 4.88. The molecule has 0 radical (unpaired) electrons. The first-order chi connectivity index (χ1) is 8.26. The molecule has 0 aromatic heterocycles. The zero-order valence-corrected chi connectivity index (χ0v) is 11.2. The second-order valence-corrected chi connectivity index (χ2v) is 5.54. The van der Waals surface area contributed by atoms with E-state index in [0.29, 0.717) is 11.5 Å². The highest BCUT2D eigenvalue weighted by Gasteiger charge is 2.35. The highest BCUT2D eigenvalue weighted by atomic mass is 16.5. The van der Waals surface area contributed by atoms with Crippen molar-refractivity contribution in [3.63, 3.8) is 0 Å². The number of hydrogen-bond acceptors (Lipinski definition) is 4. The Morgan fingerprint density at radius 2 is 2.00 bits per heavy atom. The summed E-state index contributed by atoms with van der Waals surface area (Å²) in [6.07, 6.45) is 2.36. The molecular weight excluding hydrogens is 216 g/mol. The molecule has 0 amide bonds. The molecule has 2 rings (SSSR count). The maximum absolute atomic E-state index is 5.52. The van der Waals surface area contributed by atoms with Crippen LogP contribution < -0.4 is 5.32 Å². The Hall–Kier alpha value is -0.160. The summed E-state index contributed by atoms with van der Waals surface area (Å²) in [7, 11) is 2.06. The van der Waals surface area contributed by atoms with Gasteiger partial charge in [-0.05, 0) is 32.2 Å². The molecule has 2 aliphatic heterocycles. The second-order valence-electron chi connectivity index (χ2n) is 5.54. The first-order valence-corrected chi connectivity index (χ1v) is 6.80. The van der Waals surface area contributed by atoms with Crippen molar-refractivity contribution in [2.75, 3.05) is 53.1 Å². The van der Waals surface area contributed by atoms with Crippen LogP contribution in [0.5, 0.6) is 0 Å². The van der Waals surface area contributed by atoms with E-state index in [1.54, 1.807) is 0 Å². The summed E-state index contributed by atoms with van der Waals surface area (Å²) in [5.41, 5.74) is 0.401. The summed E-state index contributed by atoms with van der Waals surface area (Å²) in [5.74, 6) is 0. The van der Waals surface area contributed by atoms with Gasteiger partial charge in [0.25, 0.3) is 0 Å². The van der Waals surface area contributed by atoms with Crippen LogP contribution in [0.3, 0.4) is 0 Å². The van der Waals surface area contributed by atoms with Crippen molar-refractivity contribution in [3.05, 3.63) is 0 Å². The molecule has 4 nitrogen and oxygen atoms in total. The fraction of sp³-hybridized carbons (Fsp3) is 1.00. The molecule has 2 saturated heterocycles. The fourth-order valence-electron chi connectivity index (χ4n) is 3.00. The molecule has 2 fully saturated rings. The lowest BCUT2D eigenvalue weighted by Crippen LogP contribution is -2.52. The lowest BCUT2D eigenvalue weighted by Gasteiger charge is -2.44. The Morgan fingerprint density at radius 3 is 2.65 bits per heavy atom. The second kappa shape index (κ2) is 6.14. The van der Waals surface area contributed by atoms with Crippen molar-refractivity contribution < 1.29 is 9.47 Å². The molecule has 1 atom stereocenters. The van der Waals surface area contributed by atoms with Crippen LogP contribution in [0.25, 0.3) is 0 Å². The van der Waals surface area contributed by atoms with Crippen molar-refractivity contribution in [3.8, 4) is 0 Å². The highest BCUT2D eigenvalue weighted by Crippen LogP contribution is 2.31. The number of rotatable bonds is 4. The zero-order chi connectivity index (χ0) is 12.1. The van der Waals surface area contributed by atoms with E-state index in [0.717, 1.165) is 39.5 Å². The third kappa shape index (κ3) is 3.41. The minimum Gasteiger partial charge on any atom is -0.381 e. The molecule has 0 bridgehead atoms. The van der Waals surface area contributed by atoms with Crippen molar-refractivity contribution in [2.45, 2.75) is 25.8 Å². The van der Waals surface area contributed by atoms with Crippen LogP contribution in [0, 0.1) is 5.41 Å². The van der Waals surface area contributed by atoms with Crippen molar-refractivity contribution in [1.29, 1.82) is 0 Å². The van der Waals surface area contributed by atoms with Crippen LogP contribution in [-0.4, -0.2) is 64.1 Å². The molecule has 0 saturated carbocycles. The van der Waals surface area contributed by atoms with Gasteiger partial charge < -0.3 is 14.8 Å². The van der Waals surface area contributed by atoms with Gasteiger partial charge in [0, 0.05) is 38.9 Å². The van der Waals surface area contributed by atoms with Crippen LogP contribution in [0.4, 0.5) is 0 Å². The number of hydrogen-bond donors (Lipinski definition) is 1. The Balaban J connectivity index is 1.95. The van der Waals surface area contributed by atoms with Gasteiger partial charge in [-0.2, -0.15) is 0 Å². The molecule has 4 heteroatoms. The van der Waals surface area contributed by atoms with Crippen LogP contribution in [0.15, 0.2) is 0 Å². The van der Waals surface area contributed by atoms with Crippen molar-refractivity contribution in [1.82, 2.24) is 10.2 Å². The van der Waals surface area contributed by atoms with Gasteiger partial charge in [-0.25, -0.2) is 0 Å². The zero-order valence-electron chi connectivity index (χ0n) is 11.2. The van der Waals surface area contributed by atoms with Crippen molar-refractivity contribution >= 4 is 0 Å². The minimum absolute atomic E-state index is 0.401. The van der Waals surface area contributed by atoms with Gasteiger partial charge in [0.1, 0.15) is 0 Å². The monoisotopic (exact) mass is 242 g/mol. The number of morpholine rings is 1. The Kier molecular flexibility index (Phi) is 4.79. The van der Waals surface area contributed by atoms with Gasteiger partial charge in [0.05, 0.1) is 13.2 Å². The molecule has 1 N–H and O–H groups in total. The lowest BCUT2D eigenvalue weighted by molar-refractivity contribution is -0.0490. The molecular formula is C13H26N2O2. The summed E-state index contributed by atoms with van der Waals surface area (Å²) in [6.45, 7) is 9.23. The predicted molar refractivity (Wildman–Crippen MR) is 68.3 cm³/mol. The van der Waals surface area contributed by atoms with Crippen molar-refractivity contribution in [2.24, 2.45) is 5.41 Å². The third-order valence-corrected chi connectivity index (χ3v) is 4.15. The summed E-state index contributed by atoms with van der Waals surface area (Å²) in [6, 6.07) is 0.556. The lowest BCUT2D eigenvalue weighted by atomic mass is 9.79. The smallest absolute Gasteiger partial charge is 0.0619 e. The topological polar surface area (TPSA) is 33.7 Å². The van der Waals surface area contributed by atoms with Crippen LogP contribution in [0.2, 0.25) is 0 Å². The fourth-order valence-corrected chi connectivity index (χ4v) is 3.00. The molecule has 0 aromatic carbocycles. The van der Waals surface area contributed by atoms with E-state index >= 15 is 0 Å². The quantitative estimate of drug-likeness (QED) is 0.788. The molecule has 2 aliphatic rings. The average Bonchev–Trinajstić information content (AvgIpc) is 2.34. The van der Waals surface area contributed by atoms with E-state index in [2.05, 4.69) is 24.2 Å². The van der Waals surface area contributed by atoms with Crippen LogP contribution in [-0.2, 0) is 9.47 Å². The van der Waals surface area contributed by atoms with Gasteiger partial charge in [0.2, 0.25) is 0 Å². The first-order valence-electron chi connectivity index (χ1n) is 6.80. The summed E-state index contributed by atoms with van der Waals surface area (Å²) >= 11 is 0. The average molecular weight is 242 g/mol. The van der Waals surface area contributed by atoms with Gasteiger partial charge in [-0.3, -0.25) is 4.90 Å². The van der Waals surface area contributed by atoms with E-state index < -0.39 is 0 Å². The largest absolute Gasteiger partial charge is 0.381 e. The Bertz CT molecular complexity index is 224. The predicted octanol–water partition coefficient (Wildman–Crippen LogP) is 0.723. The maximum atomic E-state index is 5.52. The maximum Gasteiger partial charge on any atom is 0.0619 e. The van der Waals surface area contributed by atoms with E-state index in [4.69, 9.17) is 9.47 Å². The molecule has 0 aromatic rings. The number of nitrogens with zero attached hydrogens (tertiary/aromatic N) is 1. The molecule has 17 heavy (non-hydrogen) atoms. The van der Waals surface area contributed by atoms with Gasteiger partial charge >= 0.3 is 0 Å². The third-order valence-electron chi connectivity index (χ3n) is 4.15. The summed E-state index contributed by atoms with van der Waals surface area (Å²) < 4.78 is 11.0. The van der Waals surface area contributed by atoms with Gasteiger partial charge in [-0.1, -0.05) is 0 Å². The molecule has 2 heterocycles. The summed E-state index contributed by atoms with van der Waals surface area (Å²) in [5, 5.41) is 3.37. The first kappa shape index (κ1) is 13.3. The van der Waals surface area contributed by atoms with Crippen LogP contribution >= 0.6 is 0 Å². The number of nitrogens with one attached hydrogen (secondary N) is 1. The van der Waals surface area contributed by atoms with E-state index in [1.807, 2.05) is 0 Å². The standard InChI is InChI=1S/C13H26N2O2/c1-12-9-17-8-5-15(12)11-13(10-14-2)3-6-16-7-4-13/h12,14H,3-11H2,1-2H3. The number of ether oxygens (including phenoxy) is 2. The molecule has 0 spiro atoms.